The first-order valence-corrected chi connectivity index (χ1v) is 13.2. The molecule has 0 saturated carbocycles. The number of carbonyl (C=O) groups excluding carboxylic acids is 2. The van der Waals surface area contributed by atoms with Crippen LogP contribution in [0.5, 0.6) is 0 Å². The van der Waals surface area contributed by atoms with Gasteiger partial charge in [-0.1, -0.05) is 97.8 Å². The van der Waals surface area contributed by atoms with E-state index in [-0.39, 0.29) is 18.0 Å². The van der Waals surface area contributed by atoms with Crippen molar-refractivity contribution in [2.75, 3.05) is 19.8 Å². The van der Waals surface area contributed by atoms with Gasteiger partial charge in [0.2, 0.25) is 0 Å². The van der Waals surface area contributed by atoms with Gasteiger partial charge in [-0.25, -0.2) is 9.59 Å². The van der Waals surface area contributed by atoms with Crippen molar-refractivity contribution in [3.63, 3.8) is 0 Å². The summed E-state index contributed by atoms with van der Waals surface area (Å²) >= 11 is 0. The third kappa shape index (κ3) is 13.7. The number of esters is 1. The molecule has 1 aliphatic heterocycles. The lowest BCUT2D eigenvalue weighted by atomic mass is 10.0. The van der Waals surface area contributed by atoms with Crippen LogP contribution >= 0.6 is 0 Å². The van der Waals surface area contributed by atoms with Gasteiger partial charge in [0, 0.05) is 6.54 Å². The standard InChI is InChI=1S/C26H49NO4/c1-4-5-6-7-8-9-10-11-12-13-14-15-18-21-30-25(28)24-19-16-17-20-27(24)26(29)31-22-23(2)3/h23-24H,4-22H2,1-3H3. The number of likely N-dealkylation sites (tertiary alicyclic amines) is 1. The second-order valence-electron chi connectivity index (χ2n) is 9.59. The van der Waals surface area contributed by atoms with Crippen molar-refractivity contribution in [2.24, 2.45) is 5.92 Å². The lowest BCUT2D eigenvalue weighted by Crippen LogP contribution is -2.49. The van der Waals surface area contributed by atoms with Crippen LogP contribution in [-0.2, 0) is 14.3 Å². The van der Waals surface area contributed by atoms with E-state index in [1.807, 2.05) is 13.8 Å². The Kier molecular flexibility index (Phi) is 16.4. The lowest BCUT2D eigenvalue weighted by Gasteiger charge is -2.33. The molecule has 1 atom stereocenters. The van der Waals surface area contributed by atoms with Crippen LogP contribution in [0.25, 0.3) is 0 Å². The Labute approximate surface area is 191 Å². The average Bonchev–Trinajstić information content (AvgIpc) is 2.77. The van der Waals surface area contributed by atoms with Gasteiger partial charge in [0.1, 0.15) is 6.04 Å². The van der Waals surface area contributed by atoms with Gasteiger partial charge in [0.05, 0.1) is 13.2 Å². The molecular formula is C26H49NO4. The summed E-state index contributed by atoms with van der Waals surface area (Å²) in [6.45, 7) is 7.70. The molecule has 0 aromatic rings. The van der Waals surface area contributed by atoms with Crippen LogP contribution in [0.4, 0.5) is 4.79 Å². The van der Waals surface area contributed by atoms with Gasteiger partial charge in [0.15, 0.2) is 0 Å². The number of nitrogens with zero attached hydrogens (tertiary/aromatic N) is 1. The van der Waals surface area contributed by atoms with E-state index in [0.717, 1.165) is 25.7 Å². The van der Waals surface area contributed by atoms with E-state index in [4.69, 9.17) is 9.47 Å². The number of unbranched alkanes of at least 4 members (excludes halogenated alkanes) is 12. The first-order valence-electron chi connectivity index (χ1n) is 13.2. The molecule has 1 saturated heterocycles. The highest BCUT2D eigenvalue weighted by Crippen LogP contribution is 2.20. The zero-order valence-corrected chi connectivity index (χ0v) is 20.7. The summed E-state index contributed by atoms with van der Waals surface area (Å²) in [6.07, 6.45) is 19.0. The molecule has 0 bridgehead atoms. The maximum Gasteiger partial charge on any atom is 0.410 e. The number of amides is 1. The van der Waals surface area contributed by atoms with Gasteiger partial charge in [-0.15, -0.1) is 0 Å². The smallest absolute Gasteiger partial charge is 0.410 e. The number of carbonyl (C=O) groups is 2. The van der Waals surface area contributed by atoms with Crippen LogP contribution in [-0.4, -0.2) is 42.8 Å². The quantitative estimate of drug-likeness (QED) is 0.177. The van der Waals surface area contributed by atoms with Crippen molar-refractivity contribution in [1.29, 1.82) is 0 Å². The van der Waals surface area contributed by atoms with Crippen LogP contribution in [0.2, 0.25) is 0 Å². The molecule has 0 N–H and O–H groups in total. The monoisotopic (exact) mass is 439 g/mol. The van der Waals surface area contributed by atoms with E-state index >= 15 is 0 Å². The molecule has 0 aromatic heterocycles. The Morgan fingerprint density at radius 2 is 1.35 bits per heavy atom. The molecule has 182 valence electrons. The second kappa shape index (κ2) is 18.3. The largest absolute Gasteiger partial charge is 0.464 e. The fourth-order valence-corrected chi connectivity index (χ4v) is 4.10. The van der Waals surface area contributed by atoms with E-state index in [1.54, 1.807) is 4.90 Å². The highest BCUT2D eigenvalue weighted by atomic mass is 16.6. The number of ether oxygens (including phenoxy) is 2. The average molecular weight is 440 g/mol. The van der Waals surface area contributed by atoms with Gasteiger partial charge >= 0.3 is 12.1 Å². The zero-order chi connectivity index (χ0) is 22.7. The zero-order valence-electron chi connectivity index (χ0n) is 20.7. The molecular weight excluding hydrogens is 390 g/mol. The number of hydrogen-bond acceptors (Lipinski definition) is 4. The SMILES string of the molecule is CCCCCCCCCCCCCCCOC(=O)C1CCCCN1C(=O)OCC(C)C. The van der Waals surface area contributed by atoms with Crippen molar-refractivity contribution in [3.05, 3.63) is 0 Å². The number of piperidine rings is 1. The maximum atomic E-state index is 12.5. The molecule has 0 radical (unpaired) electrons. The summed E-state index contributed by atoms with van der Waals surface area (Å²) in [4.78, 5) is 26.4. The Bertz CT molecular complexity index is 466. The van der Waals surface area contributed by atoms with Gasteiger partial charge in [-0.05, 0) is 31.6 Å². The first-order chi connectivity index (χ1) is 15.1. The molecule has 5 nitrogen and oxygen atoms in total. The van der Waals surface area contributed by atoms with Crippen LogP contribution in [0, 0.1) is 5.92 Å². The molecule has 1 aliphatic rings. The Morgan fingerprint density at radius 3 is 1.90 bits per heavy atom. The fourth-order valence-electron chi connectivity index (χ4n) is 4.10. The van der Waals surface area contributed by atoms with E-state index in [2.05, 4.69) is 6.92 Å². The van der Waals surface area contributed by atoms with E-state index in [1.165, 1.54) is 70.6 Å². The van der Waals surface area contributed by atoms with Crippen LogP contribution in [0.15, 0.2) is 0 Å². The fraction of sp³-hybridized carbons (Fsp3) is 0.923. The van der Waals surface area contributed by atoms with Gasteiger partial charge in [0.25, 0.3) is 0 Å². The molecule has 0 aliphatic carbocycles. The van der Waals surface area contributed by atoms with Crippen molar-refractivity contribution in [3.8, 4) is 0 Å². The Morgan fingerprint density at radius 1 is 0.806 bits per heavy atom. The summed E-state index contributed by atoms with van der Waals surface area (Å²) in [5, 5.41) is 0. The molecule has 1 fully saturated rings. The minimum atomic E-state index is -0.476. The van der Waals surface area contributed by atoms with Crippen LogP contribution < -0.4 is 0 Å². The van der Waals surface area contributed by atoms with Crippen molar-refractivity contribution in [1.82, 2.24) is 4.90 Å². The lowest BCUT2D eigenvalue weighted by molar-refractivity contribution is -0.150. The normalized spacial score (nSPS) is 16.5. The summed E-state index contributed by atoms with van der Waals surface area (Å²) in [5.41, 5.74) is 0. The topological polar surface area (TPSA) is 55.8 Å². The number of hydrogen-bond donors (Lipinski definition) is 0. The van der Waals surface area contributed by atoms with E-state index < -0.39 is 6.04 Å². The highest BCUT2D eigenvalue weighted by Gasteiger charge is 2.34. The van der Waals surface area contributed by atoms with Crippen molar-refractivity contribution >= 4 is 12.1 Å². The Hall–Kier alpha value is -1.26. The van der Waals surface area contributed by atoms with Gasteiger partial charge in [-0.2, -0.15) is 0 Å². The van der Waals surface area contributed by atoms with Crippen LogP contribution in [0.1, 0.15) is 124 Å². The summed E-state index contributed by atoms with van der Waals surface area (Å²) in [5.74, 6) is 0.0230. The summed E-state index contributed by atoms with van der Waals surface area (Å²) in [6, 6.07) is -0.476. The number of rotatable bonds is 17. The predicted molar refractivity (Wildman–Crippen MR) is 127 cm³/mol. The third-order valence-corrected chi connectivity index (χ3v) is 6.04. The minimum Gasteiger partial charge on any atom is -0.464 e. The molecule has 1 amide bonds. The van der Waals surface area contributed by atoms with E-state index in [0.29, 0.717) is 26.2 Å². The van der Waals surface area contributed by atoms with Crippen molar-refractivity contribution in [2.45, 2.75) is 130 Å². The molecule has 1 heterocycles. The van der Waals surface area contributed by atoms with Gasteiger partial charge in [-0.3, -0.25) is 4.90 Å². The molecule has 1 unspecified atom stereocenters. The predicted octanol–water partition coefficient (Wildman–Crippen LogP) is 7.27. The molecule has 5 heteroatoms. The third-order valence-electron chi connectivity index (χ3n) is 6.04. The maximum absolute atomic E-state index is 12.5. The van der Waals surface area contributed by atoms with E-state index in [9.17, 15) is 9.59 Å². The summed E-state index contributed by atoms with van der Waals surface area (Å²) in [7, 11) is 0. The van der Waals surface area contributed by atoms with Gasteiger partial charge < -0.3 is 9.47 Å². The minimum absolute atomic E-state index is 0.264. The molecule has 0 spiro atoms. The molecule has 31 heavy (non-hydrogen) atoms. The van der Waals surface area contributed by atoms with Crippen molar-refractivity contribution < 1.29 is 19.1 Å². The molecule has 1 rings (SSSR count). The van der Waals surface area contributed by atoms with Crippen LogP contribution in [0.3, 0.4) is 0 Å². The Balaban J connectivity index is 2.04. The summed E-state index contributed by atoms with van der Waals surface area (Å²) < 4.78 is 10.8. The highest BCUT2D eigenvalue weighted by molar-refractivity contribution is 5.81. The second-order valence-corrected chi connectivity index (χ2v) is 9.59. The first kappa shape index (κ1) is 27.8. The molecule has 0 aromatic carbocycles.